The van der Waals surface area contributed by atoms with Crippen LogP contribution in [0.3, 0.4) is 0 Å². The standard InChI is InChI=1S/C18H30N2O/c1-4-6-7-14(3)8-13-17(5-2)20-18(21)15-9-11-16(19)12-10-15/h5,8,13,15-16H,2,4,6-7,9-12,19H2,1,3H3,(H,20,21)/b14-8+,17-13+. The van der Waals surface area contributed by atoms with Gasteiger partial charge in [-0.05, 0) is 57.6 Å². The fourth-order valence-corrected chi connectivity index (χ4v) is 2.56. The molecule has 1 amide bonds. The van der Waals surface area contributed by atoms with Crippen molar-refractivity contribution < 1.29 is 4.79 Å². The topological polar surface area (TPSA) is 55.1 Å². The van der Waals surface area contributed by atoms with Crippen LogP contribution in [0, 0.1) is 5.92 Å². The first-order chi connectivity index (χ1) is 10.1. The number of hydrogen-bond donors (Lipinski definition) is 2. The third-order valence-corrected chi connectivity index (χ3v) is 4.10. The van der Waals surface area contributed by atoms with Gasteiger partial charge in [0, 0.05) is 17.7 Å². The summed E-state index contributed by atoms with van der Waals surface area (Å²) in [6.07, 6.45) is 12.9. The number of rotatable bonds is 7. The minimum Gasteiger partial charge on any atom is -0.328 e. The van der Waals surface area contributed by atoms with Crippen LogP contribution in [0.1, 0.15) is 58.8 Å². The van der Waals surface area contributed by atoms with Crippen LogP contribution in [0.4, 0.5) is 0 Å². The highest BCUT2D eigenvalue weighted by molar-refractivity contribution is 5.81. The Bertz CT molecular complexity index is 401. The minimum absolute atomic E-state index is 0.0957. The van der Waals surface area contributed by atoms with Crippen LogP contribution >= 0.6 is 0 Å². The maximum Gasteiger partial charge on any atom is 0.227 e. The monoisotopic (exact) mass is 290 g/mol. The fourth-order valence-electron chi connectivity index (χ4n) is 2.56. The van der Waals surface area contributed by atoms with E-state index in [-0.39, 0.29) is 17.9 Å². The van der Waals surface area contributed by atoms with Crippen LogP contribution in [0.2, 0.25) is 0 Å². The van der Waals surface area contributed by atoms with Crippen molar-refractivity contribution in [3.63, 3.8) is 0 Å². The Hall–Kier alpha value is -1.35. The highest BCUT2D eigenvalue weighted by Gasteiger charge is 2.24. The summed E-state index contributed by atoms with van der Waals surface area (Å²) < 4.78 is 0. The molecule has 0 aliphatic heterocycles. The van der Waals surface area contributed by atoms with Gasteiger partial charge in [0.25, 0.3) is 0 Å². The molecule has 0 aromatic heterocycles. The minimum atomic E-state index is 0.0957. The molecule has 0 unspecified atom stereocenters. The van der Waals surface area contributed by atoms with Crippen LogP contribution < -0.4 is 11.1 Å². The SMILES string of the molecule is C=C/C(=C\C=C(/C)CCCC)NC(=O)C1CCC(N)CC1. The van der Waals surface area contributed by atoms with Crippen molar-refractivity contribution in [2.45, 2.75) is 64.8 Å². The average Bonchev–Trinajstić information content (AvgIpc) is 2.49. The maximum absolute atomic E-state index is 12.2. The molecule has 3 nitrogen and oxygen atoms in total. The summed E-state index contributed by atoms with van der Waals surface area (Å²) in [6.45, 7) is 8.09. The van der Waals surface area contributed by atoms with E-state index in [2.05, 4.69) is 31.8 Å². The number of hydrogen-bond acceptors (Lipinski definition) is 2. The number of carbonyl (C=O) groups excluding carboxylic acids is 1. The molecule has 0 saturated heterocycles. The van der Waals surface area contributed by atoms with Crippen molar-refractivity contribution in [3.8, 4) is 0 Å². The molecular weight excluding hydrogens is 260 g/mol. The molecule has 0 heterocycles. The van der Waals surface area contributed by atoms with Gasteiger partial charge in [0.05, 0.1) is 0 Å². The van der Waals surface area contributed by atoms with E-state index in [1.54, 1.807) is 6.08 Å². The van der Waals surface area contributed by atoms with E-state index in [1.165, 1.54) is 18.4 Å². The van der Waals surface area contributed by atoms with E-state index in [0.717, 1.165) is 37.8 Å². The van der Waals surface area contributed by atoms with Gasteiger partial charge in [-0.15, -0.1) is 0 Å². The molecule has 0 bridgehead atoms. The summed E-state index contributed by atoms with van der Waals surface area (Å²) in [4.78, 5) is 12.2. The van der Waals surface area contributed by atoms with Crippen LogP contribution in [0.25, 0.3) is 0 Å². The van der Waals surface area contributed by atoms with Crippen LogP contribution in [-0.2, 0) is 4.79 Å². The zero-order valence-corrected chi connectivity index (χ0v) is 13.5. The predicted octanol–water partition coefficient (Wildman–Crippen LogP) is 3.83. The van der Waals surface area contributed by atoms with Crippen LogP contribution in [0.15, 0.2) is 36.1 Å². The summed E-state index contributed by atoms with van der Waals surface area (Å²) >= 11 is 0. The number of nitrogens with one attached hydrogen (secondary N) is 1. The van der Waals surface area contributed by atoms with Crippen LogP contribution in [-0.4, -0.2) is 11.9 Å². The van der Waals surface area contributed by atoms with Gasteiger partial charge in [0.15, 0.2) is 0 Å². The predicted molar refractivity (Wildman–Crippen MR) is 89.6 cm³/mol. The quantitative estimate of drug-likeness (QED) is 0.700. The average molecular weight is 290 g/mol. The first-order valence-corrected chi connectivity index (χ1v) is 8.13. The van der Waals surface area contributed by atoms with E-state index >= 15 is 0 Å². The zero-order chi connectivity index (χ0) is 15.7. The molecule has 1 rings (SSSR count). The lowest BCUT2D eigenvalue weighted by Crippen LogP contribution is -2.35. The number of amides is 1. The van der Waals surface area contributed by atoms with Crippen molar-refractivity contribution in [2.75, 3.05) is 0 Å². The molecule has 118 valence electrons. The third kappa shape index (κ3) is 6.76. The summed E-state index contributed by atoms with van der Waals surface area (Å²) in [7, 11) is 0. The van der Waals surface area contributed by atoms with Crippen molar-refractivity contribution in [1.82, 2.24) is 5.32 Å². The molecule has 3 heteroatoms. The van der Waals surface area contributed by atoms with Crippen molar-refractivity contribution in [2.24, 2.45) is 11.7 Å². The lowest BCUT2D eigenvalue weighted by Gasteiger charge is -2.25. The fraction of sp³-hybridized carbons (Fsp3) is 0.611. The summed E-state index contributed by atoms with van der Waals surface area (Å²) in [5.41, 5.74) is 7.99. The lowest BCUT2D eigenvalue weighted by molar-refractivity contribution is -0.125. The number of allylic oxidation sites excluding steroid dienone is 4. The Balaban J connectivity index is 2.52. The molecule has 0 atom stereocenters. The smallest absolute Gasteiger partial charge is 0.227 e. The number of unbranched alkanes of at least 4 members (excludes halogenated alkanes) is 1. The van der Waals surface area contributed by atoms with Gasteiger partial charge >= 0.3 is 0 Å². The van der Waals surface area contributed by atoms with E-state index in [1.807, 2.05) is 6.08 Å². The van der Waals surface area contributed by atoms with Gasteiger partial charge in [-0.3, -0.25) is 4.79 Å². The maximum atomic E-state index is 12.2. The number of nitrogens with two attached hydrogens (primary N) is 1. The molecule has 0 radical (unpaired) electrons. The molecule has 0 aromatic rings. The van der Waals surface area contributed by atoms with Gasteiger partial charge < -0.3 is 11.1 Å². The van der Waals surface area contributed by atoms with Gasteiger partial charge in [-0.25, -0.2) is 0 Å². The first kappa shape index (κ1) is 17.7. The molecule has 3 N–H and O–H groups in total. The van der Waals surface area contributed by atoms with Crippen molar-refractivity contribution in [1.29, 1.82) is 0 Å². The van der Waals surface area contributed by atoms with Gasteiger partial charge in [0.1, 0.15) is 0 Å². The number of carbonyl (C=O) groups is 1. The molecule has 1 fully saturated rings. The Morgan fingerprint density at radius 1 is 1.29 bits per heavy atom. The Labute approximate surface area is 129 Å². The molecule has 0 spiro atoms. The lowest BCUT2D eigenvalue weighted by atomic mass is 9.86. The van der Waals surface area contributed by atoms with E-state index < -0.39 is 0 Å². The highest BCUT2D eigenvalue weighted by atomic mass is 16.1. The highest BCUT2D eigenvalue weighted by Crippen LogP contribution is 2.23. The Morgan fingerprint density at radius 2 is 1.95 bits per heavy atom. The van der Waals surface area contributed by atoms with E-state index in [9.17, 15) is 4.79 Å². The molecule has 21 heavy (non-hydrogen) atoms. The zero-order valence-electron chi connectivity index (χ0n) is 13.5. The molecule has 0 aromatic carbocycles. The second-order valence-electron chi connectivity index (χ2n) is 6.04. The van der Waals surface area contributed by atoms with Crippen LogP contribution in [0.5, 0.6) is 0 Å². The second-order valence-corrected chi connectivity index (χ2v) is 6.04. The third-order valence-electron chi connectivity index (χ3n) is 4.10. The van der Waals surface area contributed by atoms with Gasteiger partial charge in [-0.1, -0.05) is 31.6 Å². The van der Waals surface area contributed by atoms with Gasteiger partial charge in [0.2, 0.25) is 5.91 Å². The van der Waals surface area contributed by atoms with Crippen molar-refractivity contribution >= 4 is 5.91 Å². The second kappa shape index (κ2) is 9.56. The normalized spacial score (nSPS) is 23.8. The molecule has 1 aliphatic rings. The Kier molecular flexibility index (Phi) is 8.06. The molecular formula is C18H30N2O. The summed E-state index contributed by atoms with van der Waals surface area (Å²) in [5.74, 6) is 0.200. The Morgan fingerprint density at radius 3 is 2.52 bits per heavy atom. The van der Waals surface area contributed by atoms with E-state index in [0.29, 0.717) is 0 Å². The van der Waals surface area contributed by atoms with E-state index in [4.69, 9.17) is 5.73 Å². The summed E-state index contributed by atoms with van der Waals surface area (Å²) in [6, 6.07) is 0.271. The van der Waals surface area contributed by atoms with Crippen molar-refractivity contribution in [3.05, 3.63) is 36.1 Å². The largest absolute Gasteiger partial charge is 0.328 e. The molecule has 1 saturated carbocycles. The molecule has 1 aliphatic carbocycles. The summed E-state index contributed by atoms with van der Waals surface area (Å²) in [5, 5.41) is 2.98. The van der Waals surface area contributed by atoms with Gasteiger partial charge in [-0.2, -0.15) is 0 Å². The first-order valence-electron chi connectivity index (χ1n) is 8.13.